The number of aromatic nitrogens is 3. The maximum Gasteiger partial charge on any atom is 0.256 e. The van der Waals surface area contributed by atoms with Crippen molar-refractivity contribution < 1.29 is 4.79 Å². The number of hydrogen-bond donors (Lipinski definition) is 1. The molecule has 1 aromatic carbocycles. The number of nitrogens with zero attached hydrogens (tertiary/aromatic N) is 3. The van der Waals surface area contributed by atoms with Gasteiger partial charge in [-0.2, -0.15) is 0 Å². The van der Waals surface area contributed by atoms with Gasteiger partial charge >= 0.3 is 0 Å². The van der Waals surface area contributed by atoms with E-state index in [1.165, 1.54) is 0 Å². The first-order valence-corrected chi connectivity index (χ1v) is 7.08. The van der Waals surface area contributed by atoms with Crippen molar-refractivity contribution in [3.8, 4) is 0 Å². The van der Waals surface area contributed by atoms with Crippen LogP contribution in [0.2, 0.25) is 0 Å². The molecule has 0 aliphatic rings. The zero-order valence-electron chi connectivity index (χ0n) is 11.2. The lowest BCUT2D eigenvalue weighted by Gasteiger charge is -2.06. The molecule has 2 aromatic heterocycles. The largest absolute Gasteiger partial charge is 0.307 e. The molecule has 0 saturated carbocycles. The highest BCUT2D eigenvalue weighted by atomic mass is 79.9. The molecule has 21 heavy (non-hydrogen) atoms. The molecule has 0 aliphatic heterocycles. The molecule has 2 heterocycles. The maximum absolute atomic E-state index is 12.2. The third kappa shape index (κ3) is 2.90. The van der Waals surface area contributed by atoms with Crippen LogP contribution in [-0.2, 0) is 0 Å². The molecule has 1 amide bonds. The summed E-state index contributed by atoms with van der Waals surface area (Å²) in [5.41, 5.74) is 2.78. The van der Waals surface area contributed by atoms with E-state index >= 15 is 0 Å². The van der Waals surface area contributed by atoms with Crippen LogP contribution in [0.4, 0.5) is 5.82 Å². The van der Waals surface area contributed by atoms with Crippen LogP contribution < -0.4 is 5.32 Å². The number of hydrogen-bond acceptors (Lipinski definition) is 4. The van der Waals surface area contributed by atoms with Gasteiger partial charge in [-0.3, -0.25) is 14.8 Å². The van der Waals surface area contributed by atoms with E-state index < -0.39 is 0 Å². The summed E-state index contributed by atoms with van der Waals surface area (Å²) < 4.78 is 0.904. The fraction of sp³-hybridized carbons (Fsp3) is 0.0667. The van der Waals surface area contributed by atoms with Gasteiger partial charge in [0.05, 0.1) is 16.7 Å². The third-order valence-corrected chi connectivity index (χ3v) is 3.83. The summed E-state index contributed by atoms with van der Waals surface area (Å²) in [6.07, 6.45) is 3.22. The minimum Gasteiger partial charge on any atom is -0.307 e. The fourth-order valence-electron chi connectivity index (χ4n) is 1.91. The second-order valence-corrected chi connectivity index (χ2v) is 5.33. The van der Waals surface area contributed by atoms with Crippen LogP contribution in [-0.4, -0.2) is 20.9 Å². The monoisotopic (exact) mass is 342 g/mol. The molecule has 104 valence electrons. The van der Waals surface area contributed by atoms with Crippen molar-refractivity contribution in [2.75, 3.05) is 5.32 Å². The van der Waals surface area contributed by atoms with E-state index in [4.69, 9.17) is 0 Å². The van der Waals surface area contributed by atoms with Gasteiger partial charge in [0.25, 0.3) is 5.91 Å². The summed E-state index contributed by atoms with van der Waals surface area (Å²) in [5.74, 6) is 0.289. The van der Waals surface area contributed by atoms with Crippen molar-refractivity contribution in [1.82, 2.24) is 15.0 Å². The summed E-state index contributed by atoms with van der Waals surface area (Å²) in [7, 11) is 0. The van der Waals surface area contributed by atoms with Gasteiger partial charge in [-0.15, -0.1) is 0 Å². The number of anilines is 1. The van der Waals surface area contributed by atoms with E-state index in [1.54, 1.807) is 36.7 Å². The number of carbonyl (C=O) groups excluding carboxylic acids is 1. The highest BCUT2D eigenvalue weighted by Gasteiger charge is 2.09. The minimum atomic E-state index is -0.225. The van der Waals surface area contributed by atoms with Crippen molar-refractivity contribution >= 4 is 38.7 Å². The first kappa shape index (κ1) is 13.6. The summed E-state index contributed by atoms with van der Waals surface area (Å²) in [6, 6.07) is 8.80. The van der Waals surface area contributed by atoms with Crippen LogP contribution in [0.5, 0.6) is 0 Å². The molecule has 0 saturated heterocycles. The van der Waals surface area contributed by atoms with Gasteiger partial charge < -0.3 is 5.32 Å². The Morgan fingerprint density at radius 2 is 1.86 bits per heavy atom. The number of fused-ring (bicyclic) bond motifs is 1. The number of amides is 1. The zero-order valence-corrected chi connectivity index (χ0v) is 12.8. The Morgan fingerprint density at radius 1 is 1.10 bits per heavy atom. The van der Waals surface area contributed by atoms with Crippen LogP contribution in [0.1, 0.15) is 16.1 Å². The molecule has 0 spiro atoms. The van der Waals surface area contributed by atoms with E-state index in [1.807, 2.05) is 13.0 Å². The predicted octanol–water partition coefficient (Wildman–Crippen LogP) is 3.35. The van der Waals surface area contributed by atoms with Gasteiger partial charge in [0.15, 0.2) is 0 Å². The number of carbonyl (C=O) groups is 1. The Balaban J connectivity index is 1.87. The van der Waals surface area contributed by atoms with E-state index in [-0.39, 0.29) is 5.91 Å². The van der Waals surface area contributed by atoms with Crippen molar-refractivity contribution in [3.05, 3.63) is 58.5 Å². The smallest absolute Gasteiger partial charge is 0.256 e. The molecule has 0 aliphatic carbocycles. The van der Waals surface area contributed by atoms with Crippen LogP contribution in [0.15, 0.2) is 47.2 Å². The molecule has 0 unspecified atom stereocenters. The second kappa shape index (κ2) is 5.57. The van der Waals surface area contributed by atoms with Crippen LogP contribution in [0.25, 0.3) is 11.0 Å². The molecule has 3 rings (SSSR count). The first-order chi connectivity index (χ1) is 10.1. The number of pyridine rings is 1. The molecular formula is C15H11BrN4O. The molecular weight excluding hydrogens is 332 g/mol. The molecule has 5 nitrogen and oxygen atoms in total. The van der Waals surface area contributed by atoms with Gasteiger partial charge in [0.1, 0.15) is 5.82 Å². The lowest BCUT2D eigenvalue weighted by Crippen LogP contribution is -2.13. The SMILES string of the molecule is Cc1nc(NC(=O)c2ccc3nccnc3c2)ccc1Br. The Labute approximate surface area is 129 Å². The maximum atomic E-state index is 12.2. The molecule has 3 aromatic rings. The average Bonchev–Trinajstić information content (AvgIpc) is 2.50. The minimum absolute atomic E-state index is 0.225. The Bertz CT molecular complexity index is 835. The quantitative estimate of drug-likeness (QED) is 0.775. The molecule has 0 bridgehead atoms. The normalized spacial score (nSPS) is 10.6. The first-order valence-electron chi connectivity index (χ1n) is 6.29. The summed E-state index contributed by atoms with van der Waals surface area (Å²) in [6.45, 7) is 1.87. The van der Waals surface area contributed by atoms with Gasteiger partial charge in [0.2, 0.25) is 0 Å². The Hall–Kier alpha value is -2.34. The number of nitrogens with one attached hydrogen (secondary N) is 1. The molecule has 0 radical (unpaired) electrons. The van der Waals surface area contributed by atoms with E-state index in [0.717, 1.165) is 15.7 Å². The van der Waals surface area contributed by atoms with Crippen LogP contribution >= 0.6 is 15.9 Å². The lowest BCUT2D eigenvalue weighted by molar-refractivity contribution is 0.102. The molecule has 1 N–H and O–H groups in total. The Kier molecular flexibility index (Phi) is 3.62. The predicted molar refractivity (Wildman–Crippen MR) is 84.2 cm³/mol. The number of rotatable bonds is 2. The third-order valence-electron chi connectivity index (χ3n) is 2.99. The lowest BCUT2D eigenvalue weighted by atomic mass is 10.2. The van der Waals surface area contributed by atoms with E-state index in [2.05, 4.69) is 36.2 Å². The van der Waals surface area contributed by atoms with E-state index in [9.17, 15) is 4.79 Å². The summed E-state index contributed by atoms with van der Waals surface area (Å²) in [4.78, 5) is 24.9. The van der Waals surface area contributed by atoms with Gasteiger partial charge in [0, 0.05) is 22.4 Å². The van der Waals surface area contributed by atoms with Crippen LogP contribution in [0, 0.1) is 6.92 Å². The molecule has 6 heteroatoms. The Morgan fingerprint density at radius 3 is 2.62 bits per heavy atom. The number of halogens is 1. The number of aryl methyl sites for hydroxylation is 1. The molecule has 0 fully saturated rings. The van der Waals surface area contributed by atoms with E-state index in [0.29, 0.717) is 16.9 Å². The van der Waals surface area contributed by atoms with Crippen molar-refractivity contribution in [2.45, 2.75) is 6.92 Å². The van der Waals surface area contributed by atoms with Crippen molar-refractivity contribution in [1.29, 1.82) is 0 Å². The van der Waals surface area contributed by atoms with Crippen molar-refractivity contribution in [3.63, 3.8) is 0 Å². The standard InChI is InChI=1S/C15H11BrN4O/c1-9-11(16)3-5-14(19-9)20-15(21)10-2-4-12-13(8-10)18-7-6-17-12/h2-8H,1H3,(H,19,20,21). The average molecular weight is 343 g/mol. The van der Waals surface area contributed by atoms with Gasteiger partial charge in [-0.25, -0.2) is 4.98 Å². The van der Waals surface area contributed by atoms with Gasteiger partial charge in [-0.05, 0) is 53.2 Å². The summed E-state index contributed by atoms with van der Waals surface area (Å²) >= 11 is 3.38. The second-order valence-electron chi connectivity index (χ2n) is 4.48. The van der Waals surface area contributed by atoms with Crippen molar-refractivity contribution in [2.24, 2.45) is 0 Å². The zero-order chi connectivity index (χ0) is 14.8. The van der Waals surface area contributed by atoms with Gasteiger partial charge in [-0.1, -0.05) is 0 Å². The highest BCUT2D eigenvalue weighted by molar-refractivity contribution is 9.10. The van der Waals surface area contributed by atoms with Crippen LogP contribution in [0.3, 0.4) is 0 Å². The topological polar surface area (TPSA) is 67.8 Å². The highest BCUT2D eigenvalue weighted by Crippen LogP contribution is 2.17. The molecule has 0 atom stereocenters. The number of benzene rings is 1. The fourth-order valence-corrected chi connectivity index (χ4v) is 2.13. The summed E-state index contributed by atoms with van der Waals surface area (Å²) in [5, 5.41) is 2.77.